The van der Waals surface area contributed by atoms with Gasteiger partial charge in [-0.15, -0.1) is 0 Å². The van der Waals surface area contributed by atoms with E-state index in [1.165, 1.54) is 10.4 Å². The molecule has 226 valence electrons. The maximum Gasteiger partial charge on any atom is 0.262 e. The highest BCUT2D eigenvalue weighted by molar-refractivity contribution is 6.99. The fourth-order valence-corrected chi connectivity index (χ4v) is 11.2. The molecule has 0 spiro atoms. The first-order valence-electron chi connectivity index (χ1n) is 14.9. The van der Waals surface area contributed by atoms with Gasteiger partial charge in [0, 0.05) is 12.7 Å². The molecule has 4 aromatic carbocycles. The number of carbonyl (C=O) groups excluding carboxylic acids is 3. The van der Waals surface area contributed by atoms with Gasteiger partial charge in [0.25, 0.3) is 20.1 Å². The van der Waals surface area contributed by atoms with Crippen LogP contribution in [-0.4, -0.2) is 44.5 Å². The second-order valence-corrected chi connectivity index (χ2v) is 16.9. The van der Waals surface area contributed by atoms with Gasteiger partial charge in [0.15, 0.2) is 0 Å². The molecule has 44 heavy (non-hydrogen) atoms. The van der Waals surface area contributed by atoms with Gasteiger partial charge in [0.2, 0.25) is 5.91 Å². The number of nitrogens with zero attached hydrogens (tertiary/aromatic N) is 2. The molecule has 1 aliphatic heterocycles. The van der Waals surface area contributed by atoms with Crippen molar-refractivity contribution in [3.8, 4) is 0 Å². The number of hydrogen-bond donors (Lipinski definition) is 0. The summed E-state index contributed by atoms with van der Waals surface area (Å²) in [4.78, 5) is 42.1. The summed E-state index contributed by atoms with van der Waals surface area (Å²) in [7, 11) is -1.09. The summed E-state index contributed by atoms with van der Waals surface area (Å²) in [6.07, 6.45) is 0. The van der Waals surface area contributed by atoms with Gasteiger partial charge in [-0.05, 0) is 70.6 Å². The maximum atomic E-state index is 13.6. The van der Waals surface area contributed by atoms with Gasteiger partial charge in [0.1, 0.15) is 6.54 Å². The van der Waals surface area contributed by atoms with Crippen LogP contribution in [0.15, 0.2) is 91.0 Å². The quantitative estimate of drug-likeness (QED) is 0.184. The average molecular weight is 605 g/mol. The van der Waals surface area contributed by atoms with Crippen LogP contribution in [0, 0.1) is 20.8 Å². The molecule has 0 unspecified atom stereocenters. The molecule has 0 N–H and O–H groups in total. The molecule has 3 amide bonds. The highest BCUT2D eigenvalue weighted by Crippen LogP contribution is 2.39. The molecule has 0 saturated heterocycles. The van der Waals surface area contributed by atoms with E-state index in [2.05, 4.69) is 82.3 Å². The van der Waals surface area contributed by atoms with Crippen molar-refractivity contribution in [1.82, 2.24) is 4.90 Å². The maximum absolute atomic E-state index is 13.6. The molecule has 0 aliphatic carbocycles. The third kappa shape index (κ3) is 5.31. The van der Waals surface area contributed by atoms with Crippen molar-refractivity contribution in [2.75, 3.05) is 18.5 Å². The highest BCUT2D eigenvalue weighted by Gasteiger charge is 2.50. The lowest BCUT2D eigenvalue weighted by Crippen LogP contribution is -2.66. The van der Waals surface area contributed by atoms with Gasteiger partial charge in [-0.3, -0.25) is 19.3 Å². The second kappa shape index (κ2) is 12.0. The van der Waals surface area contributed by atoms with Crippen LogP contribution >= 0.6 is 0 Å². The van der Waals surface area contributed by atoms with Crippen LogP contribution in [-0.2, 0) is 15.8 Å². The summed E-state index contributed by atoms with van der Waals surface area (Å²) in [6, 6.07) is 29.8. The van der Waals surface area contributed by atoms with Gasteiger partial charge in [0.05, 0.1) is 17.7 Å². The molecule has 0 fully saturated rings. The molecular formula is C37H40N2O4Si. The first-order valence-corrected chi connectivity index (χ1v) is 16.9. The number of carbonyl (C=O) groups is 3. The van der Waals surface area contributed by atoms with E-state index in [1.807, 2.05) is 26.0 Å². The number of benzene rings is 4. The minimum absolute atomic E-state index is 0.176. The zero-order valence-corrected chi connectivity index (χ0v) is 27.6. The Labute approximate surface area is 261 Å². The molecule has 4 aromatic rings. The lowest BCUT2D eigenvalue weighted by molar-refractivity contribution is -0.118. The van der Waals surface area contributed by atoms with Crippen LogP contribution in [0.4, 0.5) is 5.69 Å². The summed E-state index contributed by atoms with van der Waals surface area (Å²) in [5.41, 5.74) is 5.42. The van der Waals surface area contributed by atoms with Crippen molar-refractivity contribution in [1.29, 1.82) is 0 Å². The number of amides is 3. The second-order valence-electron chi connectivity index (χ2n) is 12.6. The van der Waals surface area contributed by atoms with E-state index in [9.17, 15) is 14.4 Å². The largest absolute Gasteiger partial charge is 0.403 e. The van der Waals surface area contributed by atoms with Gasteiger partial charge in [-0.2, -0.15) is 0 Å². The first kappa shape index (κ1) is 31.1. The summed E-state index contributed by atoms with van der Waals surface area (Å²) in [5, 5.41) is 2.23. The lowest BCUT2D eigenvalue weighted by Gasteiger charge is -2.43. The number of anilines is 1. The van der Waals surface area contributed by atoms with Crippen LogP contribution in [0.1, 0.15) is 63.7 Å². The number of aryl methyl sites for hydroxylation is 2. The number of fused-ring (bicyclic) bond motifs is 1. The topological polar surface area (TPSA) is 66.9 Å². The van der Waals surface area contributed by atoms with E-state index in [4.69, 9.17) is 4.43 Å². The molecule has 0 bridgehead atoms. The summed E-state index contributed by atoms with van der Waals surface area (Å²) >= 11 is 0. The number of likely N-dealkylation sites (N-methyl/N-ethyl adjacent to an activating group) is 1. The Bertz CT molecular complexity index is 1650. The van der Waals surface area contributed by atoms with Gasteiger partial charge in [-0.1, -0.05) is 99.6 Å². The molecule has 5 rings (SSSR count). The van der Waals surface area contributed by atoms with Crippen LogP contribution < -0.4 is 15.3 Å². The summed E-state index contributed by atoms with van der Waals surface area (Å²) in [5.74, 6) is -1.22. The molecule has 0 aromatic heterocycles. The molecule has 1 aliphatic rings. The van der Waals surface area contributed by atoms with Crippen molar-refractivity contribution < 1.29 is 18.8 Å². The fraction of sp³-hybridized carbons (Fsp3) is 0.270. The Morgan fingerprint density at radius 2 is 1.25 bits per heavy atom. The van der Waals surface area contributed by atoms with Crippen LogP contribution in [0.3, 0.4) is 0 Å². The van der Waals surface area contributed by atoms with Crippen molar-refractivity contribution in [2.45, 2.75) is 53.2 Å². The normalized spacial score (nSPS) is 13.3. The highest BCUT2D eigenvalue weighted by atomic mass is 28.4. The molecule has 0 saturated carbocycles. The third-order valence-corrected chi connectivity index (χ3v) is 13.8. The zero-order valence-electron chi connectivity index (χ0n) is 26.6. The zero-order chi connectivity index (χ0) is 31.8. The predicted octanol–water partition coefficient (Wildman–Crippen LogP) is 5.95. The number of imide groups is 1. The minimum atomic E-state index is -2.79. The number of hydrogen-bond acceptors (Lipinski definition) is 4. The van der Waals surface area contributed by atoms with E-state index in [0.29, 0.717) is 17.7 Å². The molecule has 1 heterocycles. The monoisotopic (exact) mass is 604 g/mol. The van der Waals surface area contributed by atoms with Crippen molar-refractivity contribution in [3.05, 3.63) is 124 Å². The van der Waals surface area contributed by atoms with Crippen molar-refractivity contribution in [2.24, 2.45) is 0 Å². The Balaban J connectivity index is 1.48. The molecule has 0 radical (unpaired) electrons. The summed E-state index contributed by atoms with van der Waals surface area (Å²) in [6.45, 7) is 12.9. The average Bonchev–Trinajstić information content (AvgIpc) is 3.23. The van der Waals surface area contributed by atoms with Gasteiger partial charge >= 0.3 is 0 Å². The smallest absolute Gasteiger partial charge is 0.262 e. The standard InChI is InChI=1S/C37H40N2O4Si/c1-25-22-26(2)34(38(7)33(40)23-39-35(41)30-20-14-15-21-31(30)36(39)42)27(3)32(25)24-43-44(37(4,5)6,28-16-10-8-11-17-28)29-18-12-9-13-19-29/h8-22H,23-24H2,1-7H3. The first-order chi connectivity index (χ1) is 20.9. The molecule has 7 heteroatoms. The Morgan fingerprint density at radius 1 is 0.773 bits per heavy atom. The van der Waals surface area contributed by atoms with Gasteiger partial charge in [-0.25, -0.2) is 0 Å². The van der Waals surface area contributed by atoms with Crippen LogP contribution in [0.2, 0.25) is 5.04 Å². The van der Waals surface area contributed by atoms with E-state index in [-0.39, 0.29) is 17.5 Å². The SMILES string of the molecule is Cc1cc(C)c(N(C)C(=O)CN2C(=O)c3ccccc3C2=O)c(C)c1CO[Si](c1ccccc1)(c1ccccc1)C(C)(C)C. The van der Waals surface area contributed by atoms with Gasteiger partial charge < -0.3 is 9.33 Å². The Kier molecular flexibility index (Phi) is 8.47. The molecular weight excluding hydrogens is 565 g/mol. The van der Waals surface area contributed by atoms with E-state index in [1.54, 1.807) is 36.2 Å². The third-order valence-electron chi connectivity index (χ3n) is 8.82. The van der Waals surface area contributed by atoms with Crippen LogP contribution in [0.25, 0.3) is 0 Å². The number of rotatable bonds is 8. The lowest BCUT2D eigenvalue weighted by atomic mass is 9.97. The van der Waals surface area contributed by atoms with Crippen molar-refractivity contribution in [3.63, 3.8) is 0 Å². The van der Waals surface area contributed by atoms with E-state index < -0.39 is 20.1 Å². The molecule has 6 nitrogen and oxygen atoms in total. The Hall–Kier alpha value is -4.33. The predicted molar refractivity (Wildman–Crippen MR) is 178 cm³/mol. The molecule has 0 atom stereocenters. The van der Waals surface area contributed by atoms with Crippen molar-refractivity contribution >= 4 is 42.1 Å². The van der Waals surface area contributed by atoms with E-state index >= 15 is 0 Å². The fourth-order valence-electron chi connectivity index (χ4n) is 6.64. The van der Waals surface area contributed by atoms with Crippen LogP contribution in [0.5, 0.6) is 0 Å². The minimum Gasteiger partial charge on any atom is -0.403 e. The Morgan fingerprint density at radius 3 is 1.73 bits per heavy atom. The van der Waals surface area contributed by atoms with E-state index in [0.717, 1.165) is 32.8 Å². The summed E-state index contributed by atoms with van der Waals surface area (Å²) < 4.78 is 7.26.